The lowest BCUT2D eigenvalue weighted by atomic mass is 10.1. The first-order chi connectivity index (χ1) is 9.06. The summed E-state index contributed by atoms with van der Waals surface area (Å²) in [6.45, 7) is 3.14. The fourth-order valence-corrected chi connectivity index (χ4v) is 3.67. The van der Waals surface area contributed by atoms with Gasteiger partial charge in [-0.1, -0.05) is 0 Å². The molecule has 0 aliphatic carbocycles. The third-order valence-corrected chi connectivity index (χ3v) is 5.08. The van der Waals surface area contributed by atoms with E-state index in [1.807, 2.05) is 17.8 Å². The third-order valence-electron chi connectivity index (χ3n) is 3.54. The van der Waals surface area contributed by atoms with Crippen molar-refractivity contribution in [3.05, 3.63) is 22.7 Å². The van der Waals surface area contributed by atoms with Gasteiger partial charge in [0.1, 0.15) is 0 Å². The Balaban J connectivity index is 1.83. The van der Waals surface area contributed by atoms with Crippen LogP contribution in [-0.2, 0) is 0 Å². The average Bonchev–Trinajstić information content (AvgIpc) is 2.92. The first kappa shape index (κ1) is 12.5. The van der Waals surface area contributed by atoms with Crippen LogP contribution in [0.25, 0.3) is 11.1 Å². The predicted octanol–water partition coefficient (Wildman–Crippen LogP) is 2.40. The van der Waals surface area contributed by atoms with Crippen LogP contribution in [0, 0.1) is 0 Å². The van der Waals surface area contributed by atoms with Crippen LogP contribution in [0.5, 0.6) is 0 Å². The van der Waals surface area contributed by atoms with Crippen LogP contribution >= 0.6 is 11.8 Å². The summed E-state index contributed by atoms with van der Waals surface area (Å²) in [5.74, 6) is 0.770. The lowest BCUT2D eigenvalue weighted by molar-refractivity contribution is 0.555. The number of hydrogen-bond acceptors (Lipinski definition) is 5. The predicted molar refractivity (Wildman–Crippen MR) is 79.8 cm³/mol. The standard InChI is InChI=1S/C13H17N3O2S/c1-13(3-2-4-19-13)7-15-9-6-10-11(5-8(9)14)18-12(17)16-10/h5-6,15H,2-4,7,14H2,1H3,(H,16,17). The maximum absolute atomic E-state index is 11.1. The minimum Gasteiger partial charge on any atom is -0.408 e. The Morgan fingerprint density at radius 2 is 2.42 bits per heavy atom. The van der Waals surface area contributed by atoms with E-state index in [-0.39, 0.29) is 4.75 Å². The maximum atomic E-state index is 11.1. The molecule has 0 saturated carbocycles. The number of aromatic amines is 1. The second-order valence-electron chi connectivity index (χ2n) is 5.21. The molecule has 1 fully saturated rings. The molecule has 1 saturated heterocycles. The van der Waals surface area contributed by atoms with E-state index >= 15 is 0 Å². The van der Waals surface area contributed by atoms with Crippen LogP contribution in [0.1, 0.15) is 19.8 Å². The van der Waals surface area contributed by atoms with Crippen LogP contribution in [0.2, 0.25) is 0 Å². The van der Waals surface area contributed by atoms with Crippen molar-refractivity contribution in [3.8, 4) is 0 Å². The van der Waals surface area contributed by atoms with Gasteiger partial charge in [0.2, 0.25) is 0 Å². The van der Waals surface area contributed by atoms with E-state index < -0.39 is 5.76 Å². The molecule has 5 nitrogen and oxygen atoms in total. The molecule has 102 valence electrons. The number of hydrogen-bond donors (Lipinski definition) is 3. The van der Waals surface area contributed by atoms with Crippen LogP contribution in [0.4, 0.5) is 11.4 Å². The number of H-pyrrole nitrogens is 1. The molecule has 0 bridgehead atoms. The summed E-state index contributed by atoms with van der Waals surface area (Å²) in [6.07, 6.45) is 2.49. The highest BCUT2D eigenvalue weighted by molar-refractivity contribution is 8.00. The fraction of sp³-hybridized carbons (Fsp3) is 0.462. The minimum absolute atomic E-state index is 0.269. The Labute approximate surface area is 114 Å². The van der Waals surface area contributed by atoms with E-state index in [1.165, 1.54) is 18.6 Å². The first-order valence-electron chi connectivity index (χ1n) is 6.36. The number of thioether (sulfide) groups is 1. The molecule has 0 radical (unpaired) electrons. The molecule has 6 heteroatoms. The quantitative estimate of drug-likeness (QED) is 0.751. The van der Waals surface area contributed by atoms with Crippen molar-refractivity contribution in [3.63, 3.8) is 0 Å². The van der Waals surface area contributed by atoms with E-state index in [0.29, 0.717) is 16.8 Å². The monoisotopic (exact) mass is 279 g/mol. The van der Waals surface area contributed by atoms with Crippen LogP contribution in [0.15, 0.2) is 21.3 Å². The highest BCUT2D eigenvalue weighted by atomic mass is 32.2. The summed E-state index contributed by atoms with van der Waals surface area (Å²) in [5.41, 5.74) is 8.59. The molecule has 4 N–H and O–H groups in total. The number of aromatic nitrogens is 1. The molecular weight excluding hydrogens is 262 g/mol. The van der Waals surface area contributed by atoms with Gasteiger partial charge < -0.3 is 15.5 Å². The van der Waals surface area contributed by atoms with Gasteiger partial charge in [0.25, 0.3) is 0 Å². The number of nitrogens with two attached hydrogens (primary N) is 1. The smallest absolute Gasteiger partial charge is 0.408 e. The van der Waals surface area contributed by atoms with Gasteiger partial charge in [0, 0.05) is 17.4 Å². The minimum atomic E-state index is -0.454. The van der Waals surface area contributed by atoms with E-state index in [2.05, 4.69) is 17.2 Å². The van der Waals surface area contributed by atoms with E-state index in [1.54, 1.807) is 6.07 Å². The van der Waals surface area contributed by atoms with Crippen molar-refractivity contribution in [1.29, 1.82) is 0 Å². The van der Waals surface area contributed by atoms with Crippen molar-refractivity contribution >= 4 is 34.2 Å². The lowest BCUT2D eigenvalue weighted by Gasteiger charge is -2.24. The molecule has 19 heavy (non-hydrogen) atoms. The van der Waals surface area contributed by atoms with Gasteiger partial charge in [-0.05, 0) is 31.6 Å². The van der Waals surface area contributed by atoms with Gasteiger partial charge in [0.05, 0.1) is 16.9 Å². The van der Waals surface area contributed by atoms with E-state index in [9.17, 15) is 4.79 Å². The molecule has 1 aliphatic heterocycles. The Morgan fingerprint density at radius 1 is 1.58 bits per heavy atom. The Kier molecular flexibility index (Phi) is 2.97. The maximum Gasteiger partial charge on any atom is 0.417 e. The van der Waals surface area contributed by atoms with Gasteiger partial charge in [-0.15, -0.1) is 0 Å². The van der Waals surface area contributed by atoms with Gasteiger partial charge in [-0.25, -0.2) is 4.79 Å². The molecule has 1 aromatic heterocycles. The second-order valence-corrected chi connectivity index (χ2v) is 6.89. The molecule has 1 aliphatic rings. The van der Waals surface area contributed by atoms with E-state index in [0.717, 1.165) is 12.2 Å². The van der Waals surface area contributed by atoms with Crippen LogP contribution in [0.3, 0.4) is 0 Å². The van der Waals surface area contributed by atoms with Crippen molar-refractivity contribution in [2.75, 3.05) is 23.3 Å². The summed E-state index contributed by atoms with van der Waals surface area (Å²) < 4.78 is 5.25. The average molecular weight is 279 g/mol. The van der Waals surface area contributed by atoms with Crippen LogP contribution in [-0.4, -0.2) is 22.0 Å². The Hall–Kier alpha value is -1.56. The highest BCUT2D eigenvalue weighted by Gasteiger charge is 2.29. The summed E-state index contributed by atoms with van der Waals surface area (Å²) in [6, 6.07) is 3.51. The van der Waals surface area contributed by atoms with Gasteiger partial charge in [0.15, 0.2) is 5.58 Å². The fourth-order valence-electron chi connectivity index (χ4n) is 2.42. The first-order valence-corrected chi connectivity index (χ1v) is 7.34. The molecule has 1 atom stereocenters. The Morgan fingerprint density at radius 3 is 3.16 bits per heavy atom. The molecule has 0 amide bonds. The molecular formula is C13H17N3O2S. The van der Waals surface area contributed by atoms with E-state index in [4.69, 9.17) is 10.2 Å². The van der Waals surface area contributed by atoms with Crippen LogP contribution < -0.4 is 16.8 Å². The number of nitrogens with one attached hydrogen (secondary N) is 2. The van der Waals surface area contributed by atoms with Gasteiger partial charge in [-0.2, -0.15) is 11.8 Å². The lowest BCUT2D eigenvalue weighted by Crippen LogP contribution is -2.27. The number of anilines is 2. The van der Waals surface area contributed by atoms with Crippen molar-refractivity contribution in [2.45, 2.75) is 24.5 Å². The number of nitrogen functional groups attached to an aromatic ring is 1. The SMILES string of the molecule is CC1(CNc2cc3[nH]c(=O)oc3cc2N)CCCS1. The van der Waals surface area contributed by atoms with Crippen molar-refractivity contribution in [2.24, 2.45) is 0 Å². The zero-order valence-corrected chi connectivity index (χ0v) is 11.6. The molecule has 0 spiro atoms. The van der Waals surface area contributed by atoms with Crippen molar-refractivity contribution in [1.82, 2.24) is 4.98 Å². The summed E-state index contributed by atoms with van der Waals surface area (Å²) in [4.78, 5) is 13.8. The summed E-state index contributed by atoms with van der Waals surface area (Å²) >= 11 is 2.00. The number of oxazole rings is 1. The number of benzene rings is 1. The largest absolute Gasteiger partial charge is 0.417 e. The van der Waals surface area contributed by atoms with Crippen molar-refractivity contribution < 1.29 is 4.42 Å². The molecule has 2 heterocycles. The number of fused-ring (bicyclic) bond motifs is 1. The van der Waals surface area contributed by atoms with Gasteiger partial charge in [-0.3, -0.25) is 4.98 Å². The zero-order valence-electron chi connectivity index (χ0n) is 10.8. The second kappa shape index (κ2) is 4.52. The molecule has 2 aromatic rings. The Bertz CT molecular complexity index is 655. The highest BCUT2D eigenvalue weighted by Crippen LogP contribution is 2.38. The molecule has 1 aromatic carbocycles. The third kappa shape index (κ3) is 2.45. The van der Waals surface area contributed by atoms with Gasteiger partial charge >= 0.3 is 5.76 Å². The molecule has 1 unspecified atom stereocenters. The normalized spacial score (nSPS) is 23.0. The zero-order chi connectivity index (χ0) is 13.5. The number of rotatable bonds is 3. The summed E-state index contributed by atoms with van der Waals surface area (Å²) in [5, 5.41) is 3.39. The topological polar surface area (TPSA) is 84.0 Å². The summed E-state index contributed by atoms with van der Waals surface area (Å²) in [7, 11) is 0. The molecule has 3 rings (SSSR count).